The number of amides is 1. The molecule has 2 heterocycles. The van der Waals surface area contributed by atoms with Crippen LogP contribution in [0.1, 0.15) is 16.8 Å². The topological polar surface area (TPSA) is 79.4 Å². The van der Waals surface area contributed by atoms with Gasteiger partial charge in [0.05, 0.1) is 23.0 Å². The summed E-state index contributed by atoms with van der Waals surface area (Å²) < 4.78 is 39.1. The number of halogens is 1. The van der Waals surface area contributed by atoms with E-state index in [2.05, 4.69) is 10.3 Å². The van der Waals surface area contributed by atoms with Gasteiger partial charge in [-0.25, -0.2) is 12.8 Å². The number of anilines is 1. The summed E-state index contributed by atoms with van der Waals surface area (Å²) in [6, 6.07) is 6.90. The first-order valence-electron chi connectivity index (χ1n) is 6.99. The van der Waals surface area contributed by atoms with E-state index in [1.165, 1.54) is 34.8 Å². The predicted molar refractivity (Wildman–Crippen MR) is 82.0 cm³/mol. The highest BCUT2D eigenvalue weighted by Gasteiger charge is 2.29. The Hall–Kier alpha value is -2.32. The Morgan fingerprint density at radius 1 is 1.22 bits per heavy atom. The number of carbonyl (C=O) groups excluding carboxylic acids is 1. The second kappa shape index (κ2) is 6.05. The fourth-order valence-electron chi connectivity index (χ4n) is 2.16. The van der Waals surface area contributed by atoms with Crippen LogP contribution in [-0.2, 0) is 10.0 Å². The number of nitrogens with zero attached hydrogens (tertiary/aromatic N) is 2. The van der Waals surface area contributed by atoms with Gasteiger partial charge in [-0.2, -0.15) is 4.31 Å². The van der Waals surface area contributed by atoms with Crippen LogP contribution in [0, 0.1) is 5.82 Å². The lowest BCUT2D eigenvalue weighted by molar-refractivity contribution is 0.102. The van der Waals surface area contributed by atoms with Gasteiger partial charge in [-0.05, 0) is 24.6 Å². The molecule has 0 spiro atoms. The molecule has 1 aromatic heterocycles. The number of aromatic nitrogens is 1. The zero-order valence-electron chi connectivity index (χ0n) is 12.1. The normalized spacial score (nSPS) is 15.0. The number of carbonyl (C=O) groups is 1. The molecule has 23 heavy (non-hydrogen) atoms. The molecule has 1 fully saturated rings. The number of benzene rings is 1. The van der Waals surface area contributed by atoms with Crippen LogP contribution in [0.2, 0.25) is 0 Å². The molecule has 8 heteroatoms. The molecule has 2 aromatic rings. The third-order valence-electron chi connectivity index (χ3n) is 3.51. The Morgan fingerprint density at radius 2 is 2.00 bits per heavy atom. The molecule has 1 N–H and O–H groups in total. The molecule has 0 aliphatic carbocycles. The van der Waals surface area contributed by atoms with Gasteiger partial charge in [-0.3, -0.25) is 9.78 Å². The highest BCUT2D eigenvalue weighted by Crippen LogP contribution is 2.22. The summed E-state index contributed by atoms with van der Waals surface area (Å²) in [5.41, 5.74) is 0.377. The summed E-state index contributed by atoms with van der Waals surface area (Å²) in [4.78, 5) is 15.9. The molecule has 0 radical (unpaired) electrons. The average molecular weight is 335 g/mol. The van der Waals surface area contributed by atoms with Crippen molar-refractivity contribution in [3.05, 3.63) is 54.1 Å². The van der Waals surface area contributed by atoms with E-state index >= 15 is 0 Å². The molecule has 1 amide bonds. The van der Waals surface area contributed by atoms with Crippen LogP contribution in [0.4, 0.5) is 10.1 Å². The van der Waals surface area contributed by atoms with Gasteiger partial charge < -0.3 is 5.32 Å². The second-order valence-electron chi connectivity index (χ2n) is 5.13. The molecule has 3 rings (SSSR count). The highest BCUT2D eigenvalue weighted by molar-refractivity contribution is 7.89. The quantitative estimate of drug-likeness (QED) is 0.925. The van der Waals surface area contributed by atoms with Crippen molar-refractivity contribution >= 4 is 21.6 Å². The van der Waals surface area contributed by atoms with Crippen LogP contribution in [0.15, 0.2) is 47.6 Å². The van der Waals surface area contributed by atoms with Gasteiger partial charge in [0.2, 0.25) is 10.0 Å². The molecule has 120 valence electrons. The number of rotatable bonds is 4. The SMILES string of the molecule is O=C(Nc1cncc(F)c1)c1cccc(S(=O)(=O)N2CCC2)c1. The Kier molecular flexibility index (Phi) is 4.10. The lowest BCUT2D eigenvalue weighted by Gasteiger charge is -2.29. The van der Waals surface area contributed by atoms with Crippen molar-refractivity contribution in [2.45, 2.75) is 11.3 Å². The first-order valence-corrected chi connectivity index (χ1v) is 8.43. The number of hydrogen-bond acceptors (Lipinski definition) is 4. The van der Waals surface area contributed by atoms with Crippen molar-refractivity contribution < 1.29 is 17.6 Å². The molecule has 0 saturated carbocycles. The van der Waals surface area contributed by atoms with Gasteiger partial charge in [-0.15, -0.1) is 0 Å². The van der Waals surface area contributed by atoms with E-state index in [0.29, 0.717) is 13.1 Å². The summed E-state index contributed by atoms with van der Waals surface area (Å²) in [6.45, 7) is 0.988. The number of nitrogens with one attached hydrogen (secondary N) is 1. The number of sulfonamides is 1. The fourth-order valence-corrected chi connectivity index (χ4v) is 3.72. The smallest absolute Gasteiger partial charge is 0.255 e. The average Bonchev–Trinajstić information content (AvgIpc) is 2.45. The van der Waals surface area contributed by atoms with Gasteiger partial charge in [0.25, 0.3) is 5.91 Å². The van der Waals surface area contributed by atoms with E-state index in [-0.39, 0.29) is 16.1 Å². The molecule has 0 bridgehead atoms. The maximum Gasteiger partial charge on any atom is 0.255 e. The standard InChI is InChI=1S/C15H14FN3O3S/c16-12-8-13(10-17-9-12)18-15(20)11-3-1-4-14(7-11)23(21,22)19-5-2-6-19/h1,3-4,7-10H,2,5-6H2,(H,18,20). The van der Waals surface area contributed by atoms with Crippen LogP contribution in [0.5, 0.6) is 0 Å². The molecule has 1 saturated heterocycles. The summed E-state index contributed by atoms with van der Waals surface area (Å²) in [5, 5.41) is 2.49. The Bertz CT molecular complexity index is 851. The molecule has 1 aliphatic rings. The van der Waals surface area contributed by atoms with Crippen LogP contribution < -0.4 is 5.32 Å². The lowest BCUT2D eigenvalue weighted by atomic mass is 10.2. The maximum atomic E-state index is 13.1. The molecular weight excluding hydrogens is 321 g/mol. The van der Waals surface area contributed by atoms with E-state index in [0.717, 1.165) is 18.7 Å². The Labute approximate surface area is 133 Å². The van der Waals surface area contributed by atoms with Crippen molar-refractivity contribution in [2.75, 3.05) is 18.4 Å². The molecular formula is C15H14FN3O3S. The van der Waals surface area contributed by atoms with Crippen molar-refractivity contribution in [2.24, 2.45) is 0 Å². The minimum absolute atomic E-state index is 0.0715. The van der Waals surface area contributed by atoms with E-state index < -0.39 is 21.7 Å². The van der Waals surface area contributed by atoms with Crippen molar-refractivity contribution in [1.82, 2.24) is 9.29 Å². The minimum Gasteiger partial charge on any atom is -0.320 e. The van der Waals surface area contributed by atoms with Crippen LogP contribution in [0.25, 0.3) is 0 Å². The third kappa shape index (κ3) is 3.22. The van der Waals surface area contributed by atoms with Gasteiger partial charge in [-0.1, -0.05) is 6.07 Å². The zero-order chi connectivity index (χ0) is 16.4. The zero-order valence-corrected chi connectivity index (χ0v) is 12.9. The fraction of sp³-hybridized carbons (Fsp3) is 0.200. The third-order valence-corrected chi connectivity index (χ3v) is 5.41. The van der Waals surface area contributed by atoms with Gasteiger partial charge in [0.1, 0.15) is 5.82 Å². The van der Waals surface area contributed by atoms with Crippen molar-refractivity contribution in [1.29, 1.82) is 0 Å². The monoisotopic (exact) mass is 335 g/mol. The van der Waals surface area contributed by atoms with Crippen LogP contribution in [-0.4, -0.2) is 36.7 Å². The van der Waals surface area contributed by atoms with E-state index in [1.807, 2.05) is 0 Å². The molecule has 0 atom stereocenters. The molecule has 6 nitrogen and oxygen atoms in total. The minimum atomic E-state index is -3.56. The second-order valence-corrected chi connectivity index (χ2v) is 7.07. The molecule has 1 aromatic carbocycles. The van der Waals surface area contributed by atoms with Crippen LogP contribution >= 0.6 is 0 Å². The van der Waals surface area contributed by atoms with Crippen molar-refractivity contribution in [3.63, 3.8) is 0 Å². The molecule has 1 aliphatic heterocycles. The maximum absolute atomic E-state index is 13.1. The lowest BCUT2D eigenvalue weighted by Crippen LogP contribution is -2.41. The Balaban J connectivity index is 1.83. The Morgan fingerprint density at radius 3 is 2.65 bits per heavy atom. The summed E-state index contributed by atoms with van der Waals surface area (Å²) in [6.07, 6.45) is 3.17. The van der Waals surface area contributed by atoms with E-state index in [9.17, 15) is 17.6 Å². The van der Waals surface area contributed by atoms with Gasteiger partial charge >= 0.3 is 0 Å². The largest absolute Gasteiger partial charge is 0.320 e. The van der Waals surface area contributed by atoms with E-state index in [4.69, 9.17) is 0 Å². The van der Waals surface area contributed by atoms with Crippen molar-refractivity contribution in [3.8, 4) is 0 Å². The van der Waals surface area contributed by atoms with Gasteiger partial charge in [0, 0.05) is 24.7 Å². The number of pyridine rings is 1. The van der Waals surface area contributed by atoms with Gasteiger partial charge in [0.15, 0.2) is 0 Å². The summed E-state index contributed by atoms with van der Waals surface area (Å²) in [7, 11) is -3.56. The van der Waals surface area contributed by atoms with E-state index in [1.54, 1.807) is 0 Å². The summed E-state index contributed by atoms with van der Waals surface area (Å²) >= 11 is 0. The number of hydrogen-bond donors (Lipinski definition) is 1. The highest BCUT2D eigenvalue weighted by atomic mass is 32.2. The first kappa shape index (κ1) is 15.6. The van der Waals surface area contributed by atoms with Crippen LogP contribution in [0.3, 0.4) is 0 Å². The molecule has 0 unspecified atom stereocenters. The summed E-state index contributed by atoms with van der Waals surface area (Å²) in [5.74, 6) is -1.10. The first-order chi connectivity index (χ1) is 11.0. The predicted octanol–water partition coefficient (Wildman–Crippen LogP) is 1.87.